The van der Waals surface area contributed by atoms with E-state index in [4.69, 9.17) is 15.3 Å². The summed E-state index contributed by atoms with van der Waals surface area (Å²) in [6, 6.07) is 6.33. The maximum atomic E-state index is 13.9. The van der Waals surface area contributed by atoms with Crippen molar-refractivity contribution >= 4 is 0 Å². The van der Waals surface area contributed by atoms with Gasteiger partial charge in [-0.2, -0.15) is 0 Å². The molecule has 0 spiro atoms. The molecule has 0 radical (unpaired) electrons. The number of pyridine rings is 1. The molecule has 1 unspecified atom stereocenters. The van der Waals surface area contributed by atoms with Gasteiger partial charge in [0.1, 0.15) is 17.3 Å². The van der Waals surface area contributed by atoms with Crippen LogP contribution in [0.1, 0.15) is 17.2 Å². The Bertz CT molecular complexity index is 570. The minimum absolute atomic E-state index is 0.401. The molecule has 1 atom stereocenters. The zero-order valence-electron chi connectivity index (χ0n) is 11.3. The maximum absolute atomic E-state index is 13.9. The SMILES string of the molecule is COc1cc(OC)cc(C(NN)c2ccncc2F)c1. The van der Waals surface area contributed by atoms with Gasteiger partial charge in [0.2, 0.25) is 0 Å². The number of hydrogen-bond donors (Lipinski definition) is 2. The smallest absolute Gasteiger partial charge is 0.146 e. The first-order chi connectivity index (χ1) is 9.69. The second kappa shape index (κ2) is 6.31. The fourth-order valence-electron chi connectivity index (χ4n) is 1.98. The first kappa shape index (κ1) is 14.2. The molecule has 6 heteroatoms. The molecule has 20 heavy (non-hydrogen) atoms. The molecule has 2 aromatic rings. The Morgan fingerprint density at radius 1 is 1.20 bits per heavy atom. The Balaban J connectivity index is 2.49. The number of nitrogens with two attached hydrogens (primary N) is 1. The predicted molar refractivity (Wildman–Crippen MR) is 72.9 cm³/mol. The highest BCUT2D eigenvalue weighted by Crippen LogP contribution is 2.30. The van der Waals surface area contributed by atoms with Gasteiger partial charge in [-0.1, -0.05) is 0 Å². The Kier molecular flexibility index (Phi) is 4.49. The molecule has 2 rings (SSSR count). The Labute approximate surface area is 116 Å². The Hall–Kier alpha value is -2.18. The molecule has 1 aromatic heterocycles. The van der Waals surface area contributed by atoms with Crippen LogP contribution in [0.25, 0.3) is 0 Å². The highest BCUT2D eigenvalue weighted by Gasteiger charge is 2.18. The molecule has 5 nitrogen and oxygen atoms in total. The van der Waals surface area contributed by atoms with Crippen molar-refractivity contribution in [3.05, 3.63) is 53.6 Å². The van der Waals surface area contributed by atoms with Crippen LogP contribution in [-0.2, 0) is 0 Å². The summed E-state index contributed by atoms with van der Waals surface area (Å²) in [5.41, 5.74) is 3.73. The maximum Gasteiger partial charge on any atom is 0.146 e. The third-order valence-corrected chi connectivity index (χ3v) is 2.99. The second-order valence-electron chi connectivity index (χ2n) is 4.14. The van der Waals surface area contributed by atoms with Gasteiger partial charge in [0.15, 0.2) is 0 Å². The van der Waals surface area contributed by atoms with Crippen LogP contribution in [0.2, 0.25) is 0 Å². The van der Waals surface area contributed by atoms with E-state index >= 15 is 0 Å². The molecule has 0 amide bonds. The van der Waals surface area contributed by atoms with Crippen molar-refractivity contribution in [1.29, 1.82) is 0 Å². The van der Waals surface area contributed by atoms with Crippen LogP contribution in [0.3, 0.4) is 0 Å². The average Bonchev–Trinajstić information content (AvgIpc) is 2.49. The highest BCUT2D eigenvalue weighted by molar-refractivity contribution is 5.43. The van der Waals surface area contributed by atoms with Gasteiger partial charge in [-0.05, 0) is 23.8 Å². The van der Waals surface area contributed by atoms with Crippen LogP contribution in [0, 0.1) is 5.82 Å². The van der Waals surface area contributed by atoms with Gasteiger partial charge in [-0.25, -0.2) is 9.82 Å². The van der Waals surface area contributed by atoms with E-state index in [9.17, 15) is 4.39 Å². The second-order valence-corrected chi connectivity index (χ2v) is 4.14. The average molecular weight is 277 g/mol. The Morgan fingerprint density at radius 2 is 1.85 bits per heavy atom. The van der Waals surface area contributed by atoms with E-state index in [0.29, 0.717) is 17.1 Å². The molecule has 1 aromatic carbocycles. The van der Waals surface area contributed by atoms with Gasteiger partial charge in [0, 0.05) is 17.8 Å². The van der Waals surface area contributed by atoms with E-state index in [1.807, 2.05) is 0 Å². The number of aromatic nitrogens is 1. The van der Waals surface area contributed by atoms with Crippen LogP contribution >= 0.6 is 0 Å². The first-order valence-corrected chi connectivity index (χ1v) is 5.98. The molecule has 1 heterocycles. The fraction of sp³-hybridized carbons (Fsp3) is 0.214. The summed E-state index contributed by atoms with van der Waals surface area (Å²) in [4.78, 5) is 3.73. The van der Waals surface area contributed by atoms with Crippen LogP contribution < -0.4 is 20.7 Å². The minimum atomic E-state index is -0.526. The summed E-state index contributed by atoms with van der Waals surface area (Å²) in [6.07, 6.45) is 2.66. The van der Waals surface area contributed by atoms with E-state index in [-0.39, 0.29) is 0 Å². The van der Waals surface area contributed by atoms with Crippen LogP contribution in [-0.4, -0.2) is 19.2 Å². The van der Waals surface area contributed by atoms with E-state index < -0.39 is 11.9 Å². The van der Waals surface area contributed by atoms with Crippen molar-refractivity contribution in [2.75, 3.05) is 14.2 Å². The topological polar surface area (TPSA) is 69.4 Å². The van der Waals surface area contributed by atoms with Gasteiger partial charge in [0.05, 0.1) is 26.5 Å². The molecule has 106 valence electrons. The number of rotatable bonds is 5. The number of nitrogens with zero attached hydrogens (tertiary/aromatic N) is 1. The molecule has 0 aliphatic carbocycles. The third-order valence-electron chi connectivity index (χ3n) is 2.99. The third kappa shape index (κ3) is 2.87. The summed E-state index contributed by atoms with van der Waals surface area (Å²) < 4.78 is 24.3. The number of methoxy groups -OCH3 is 2. The van der Waals surface area contributed by atoms with Crippen LogP contribution in [0.5, 0.6) is 11.5 Å². The number of nitrogens with one attached hydrogen (secondary N) is 1. The van der Waals surface area contributed by atoms with Crippen molar-refractivity contribution in [2.24, 2.45) is 5.84 Å². The highest BCUT2D eigenvalue weighted by atomic mass is 19.1. The lowest BCUT2D eigenvalue weighted by molar-refractivity contribution is 0.392. The monoisotopic (exact) mass is 277 g/mol. The van der Waals surface area contributed by atoms with Crippen molar-refractivity contribution in [3.8, 4) is 11.5 Å². The number of hydrazine groups is 1. The largest absolute Gasteiger partial charge is 0.497 e. The number of benzene rings is 1. The van der Waals surface area contributed by atoms with Crippen molar-refractivity contribution in [2.45, 2.75) is 6.04 Å². The van der Waals surface area contributed by atoms with E-state index in [2.05, 4.69) is 10.4 Å². The molecule has 0 fully saturated rings. The Morgan fingerprint density at radius 3 is 2.35 bits per heavy atom. The fourth-order valence-corrected chi connectivity index (χ4v) is 1.98. The van der Waals surface area contributed by atoms with E-state index in [0.717, 1.165) is 11.8 Å². The summed E-state index contributed by atoms with van der Waals surface area (Å²) in [5, 5.41) is 0. The molecule has 0 aliphatic heterocycles. The van der Waals surface area contributed by atoms with Gasteiger partial charge in [0.25, 0.3) is 0 Å². The lowest BCUT2D eigenvalue weighted by atomic mass is 9.99. The summed E-state index contributed by atoms with van der Waals surface area (Å²) in [6.45, 7) is 0. The summed E-state index contributed by atoms with van der Waals surface area (Å²) in [5.74, 6) is 6.35. The van der Waals surface area contributed by atoms with Crippen LogP contribution in [0.15, 0.2) is 36.7 Å². The van der Waals surface area contributed by atoms with Gasteiger partial charge in [-0.15, -0.1) is 0 Å². The zero-order valence-corrected chi connectivity index (χ0v) is 11.3. The van der Waals surface area contributed by atoms with Crippen molar-refractivity contribution in [1.82, 2.24) is 10.4 Å². The molecule has 0 bridgehead atoms. The van der Waals surface area contributed by atoms with Gasteiger partial charge in [-0.3, -0.25) is 10.8 Å². The lowest BCUT2D eigenvalue weighted by Crippen LogP contribution is -2.29. The lowest BCUT2D eigenvalue weighted by Gasteiger charge is -2.19. The first-order valence-electron chi connectivity index (χ1n) is 5.98. The molecule has 0 aliphatic rings. The molecular formula is C14H16FN3O2. The van der Waals surface area contributed by atoms with E-state index in [1.165, 1.54) is 6.20 Å². The number of halogens is 1. The van der Waals surface area contributed by atoms with Crippen molar-refractivity contribution < 1.29 is 13.9 Å². The van der Waals surface area contributed by atoms with Crippen molar-refractivity contribution in [3.63, 3.8) is 0 Å². The molecular weight excluding hydrogens is 261 g/mol. The van der Waals surface area contributed by atoms with E-state index in [1.54, 1.807) is 38.5 Å². The standard InChI is InChI=1S/C14H16FN3O2/c1-19-10-5-9(6-11(7-10)20-2)14(18-16)12-3-4-17-8-13(12)15/h3-8,14,18H,16H2,1-2H3. The summed E-state index contributed by atoms with van der Waals surface area (Å²) in [7, 11) is 3.10. The predicted octanol–water partition coefficient (Wildman–Crippen LogP) is 1.79. The number of ether oxygens (including phenoxy) is 2. The summed E-state index contributed by atoms with van der Waals surface area (Å²) >= 11 is 0. The van der Waals surface area contributed by atoms with Gasteiger partial charge >= 0.3 is 0 Å². The van der Waals surface area contributed by atoms with Gasteiger partial charge < -0.3 is 9.47 Å². The molecule has 0 saturated carbocycles. The molecule has 0 saturated heterocycles. The minimum Gasteiger partial charge on any atom is -0.497 e. The number of hydrogen-bond acceptors (Lipinski definition) is 5. The normalized spacial score (nSPS) is 12.0. The van der Waals surface area contributed by atoms with Crippen LogP contribution in [0.4, 0.5) is 4.39 Å². The zero-order chi connectivity index (χ0) is 14.5. The molecule has 3 N–H and O–H groups in total. The quantitative estimate of drug-likeness (QED) is 0.644.